The number of terminal acetylenes is 1. The fraction of sp³-hybridized carbons (Fsp3) is 0.435. The van der Waals surface area contributed by atoms with E-state index in [0.29, 0.717) is 0 Å². The van der Waals surface area contributed by atoms with Crippen LogP contribution >= 0.6 is 11.6 Å². The van der Waals surface area contributed by atoms with Crippen LogP contribution in [0.5, 0.6) is 0 Å². The second-order valence-corrected chi connectivity index (χ2v) is 6.78. The van der Waals surface area contributed by atoms with Crippen molar-refractivity contribution in [2.24, 2.45) is 0 Å². The van der Waals surface area contributed by atoms with E-state index < -0.39 is 0 Å². The van der Waals surface area contributed by atoms with Crippen LogP contribution in [0.2, 0.25) is 5.02 Å². The van der Waals surface area contributed by atoms with Gasteiger partial charge in [0.2, 0.25) is 5.91 Å². The zero-order valence-electron chi connectivity index (χ0n) is 16.5. The molecule has 0 aromatic heterocycles. The van der Waals surface area contributed by atoms with Crippen molar-refractivity contribution < 1.29 is 4.79 Å². The molecule has 2 aliphatic heterocycles. The number of fused-ring (bicyclic) bond motifs is 1. The average molecular weight is 387 g/mol. The number of carbonyl (C=O) groups is 1. The third-order valence-corrected chi connectivity index (χ3v) is 4.72. The minimum absolute atomic E-state index is 0.281. The number of halogens is 1. The number of likely N-dealkylation sites (tertiary alicyclic amines) is 1. The van der Waals surface area contributed by atoms with Gasteiger partial charge in [-0.05, 0) is 56.4 Å². The molecule has 0 saturated carbocycles. The molecule has 0 aliphatic carbocycles. The Morgan fingerprint density at radius 2 is 2.04 bits per heavy atom. The number of benzene rings is 1. The number of allylic oxidation sites excluding steroid dienone is 3. The SMILES string of the molecule is C#C.C/C=C(\C/C=C\CC)N1CCCC1=O.Clc1ccc2c(c1)CCCN2. The van der Waals surface area contributed by atoms with Crippen LogP contribution in [0.15, 0.2) is 42.1 Å². The molecule has 1 saturated heterocycles. The number of hydrogen-bond acceptors (Lipinski definition) is 2. The molecule has 1 aromatic rings. The quantitative estimate of drug-likeness (QED) is 0.522. The fourth-order valence-electron chi connectivity index (χ4n) is 3.15. The summed E-state index contributed by atoms with van der Waals surface area (Å²) in [5, 5.41) is 4.17. The standard InChI is InChI=1S/C12H19NO.C9H10ClN.C2H2/c1-3-5-6-8-11(4-2)13-10-7-9-12(13)14;10-8-3-4-9-7(6-8)2-1-5-11-9;1-2/h4-6H,3,7-10H2,1-2H3;3-4,6,11H,1-2,5H2;1-2H/b6-5-,11-4+;;. The van der Waals surface area contributed by atoms with Crippen molar-refractivity contribution in [3.63, 3.8) is 0 Å². The highest BCUT2D eigenvalue weighted by atomic mass is 35.5. The Kier molecular flexibility index (Phi) is 11.1. The molecule has 0 spiro atoms. The molecule has 3 nitrogen and oxygen atoms in total. The van der Waals surface area contributed by atoms with Crippen LogP contribution in [-0.2, 0) is 11.2 Å². The molecule has 2 heterocycles. The lowest BCUT2D eigenvalue weighted by molar-refractivity contribution is -0.126. The molecule has 27 heavy (non-hydrogen) atoms. The van der Waals surface area contributed by atoms with Gasteiger partial charge in [-0.3, -0.25) is 4.79 Å². The minimum Gasteiger partial charge on any atom is -0.385 e. The summed E-state index contributed by atoms with van der Waals surface area (Å²) in [4.78, 5) is 13.4. The van der Waals surface area contributed by atoms with Gasteiger partial charge in [-0.1, -0.05) is 36.8 Å². The van der Waals surface area contributed by atoms with Crippen molar-refractivity contribution in [2.75, 3.05) is 18.4 Å². The first-order valence-electron chi connectivity index (χ1n) is 9.62. The van der Waals surface area contributed by atoms with E-state index in [0.717, 1.165) is 55.9 Å². The predicted molar refractivity (Wildman–Crippen MR) is 117 cm³/mol. The largest absolute Gasteiger partial charge is 0.385 e. The second kappa shape index (κ2) is 13.1. The van der Waals surface area contributed by atoms with Gasteiger partial charge in [-0.2, -0.15) is 0 Å². The molecule has 0 unspecified atom stereocenters. The zero-order valence-corrected chi connectivity index (χ0v) is 17.3. The van der Waals surface area contributed by atoms with Gasteiger partial charge in [0.25, 0.3) is 0 Å². The Labute approximate surface area is 169 Å². The Balaban J connectivity index is 0.000000252. The Morgan fingerprint density at radius 1 is 1.26 bits per heavy atom. The number of hydrogen-bond donors (Lipinski definition) is 1. The van der Waals surface area contributed by atoms with Crippen LogP contribution in [0.1, 0.15) is 51.5 Å². The van der Waals surface area contributed by atoms with E-state index in [1.54, 1.807) is 0 Å². The van der Waals surface area contributed by atoms with Crippen LogP contribution in [-0.4, -0.2) is 23.9 Å². The first-order valence-corrected chi connectivity index (χ1v) is 9.99. The number of nitrogens with zero attached hydrogens (tertiary/aromatic N) is 1. The first-order chi connectivity index (χ1) is 13.2. The second-order valence-electron chi connectivity index (χ2n) is 6.34. The molecule has 0 atom stereocenters. The maximum atomic E-state index is 11.5. The third kappa shape index (κ3) is 7.53. The number of carbonyl (C=O) groups excluding carboxylic acids is 1. The molecule has 146 valence electrons. The summed E-state index contributed by atoms with van der Waals surface area (Å²) >= 11 is 5.85. The lowest BCUT2D eigenvalue weighted by Gasteiger charge is -2.18. The van der Waals surface area contributed by atoms with E-state index in [4.69, 9.17) is 11.6 Å². The maximum Gasteiger partial charge on any atom is 0.226 e. The normalized spacial score (nSPS) is 16.0. The van der Waals surface area contributed by atoms with Crippen molar-refractivity contribution in [3.8, 4) is 12.8 Å². The highest BCUT2D eigenvalue weighted by Gasteiger charge is 2.22. The summed E-state index contributed by atoms with van der Waals surface area (Å²) in [6, 6.07) is 6.03. The average Bonchev–Trinajstić information content (AvgIpc) is 3.13. The van der Waals surface area contributed by atoms with Gasteiger partial charge in [0.05, 0.1) is 0 Å². The number of rotatable bonds is 4. The van der Waals surface area contributed by atoms with Crippen LogP contribution in [0.25, 0.3) is 0 Å². The van der Waals surface area contributed by atoms with Crippen molar-refractivity contribution in [1.29, 1.82) is 0 Å². The van der Waals surface area contributed by atoms with E-state index in [1.165, 1.54) is 17.7 Å². The van der Waals surface area contributed by atoms with E-state index >= 15 is 0 Å². The summed E-state index contributed by atoms with van der Waals surface area (Å²) in [5.41, 5.74) is 3.75. The molecule has 2 aliphatic rings. The predicted octanol–water partition coefficient (Wildman–Crippen LogP) is 5.82. The van der Waals surface area contributed by atoms with Crippen LogP contribution < -0.4 is 5.32 Å². The van der Waals surface area contributed by atoms with Crippen molar-refractivity contribution in [1.82, 2.24) is 4.90 Å². The monoisotopic (exact) mass is 386 g/mol. The van der Waals surface area contributed by atoms with Crippen molar-refractivity contribution in [3.05, 3.63) is 52.7 Å². The van der Waals surface area contributed by atoms with Gasteiger partial charge < -0.3 is 10.2 Å². The van der Waals surface area contributed by atoms with Crippen molar-refractivity contribution >= 4 is 23.2 Å². The van der Waals surface area contributed by atoms with Gasteiger partial charge in [0, 0.05) is 42.3 Å². The summed E-state index contributed by atoms with van der Waals surface area (Å²) in [5.74, 6) is 0.281. The van der Waals surface area contributed by atoms with Crippen LogP contribution in [0.4, 0.5) is 5.69 Å². The zero-order chi connectivity index (χ0) is 20.1. The minimum atomic E-state index is 0.281. The molecule has 1 fully saturated rings. The summed E-state index contributed by atoms with van der Waals surface area (Å²) < 4.78 is 0. The maximum absolute atomic E-state index is 11.5. The van der Waals surface area contributed by atoms with E-state index in [9.17, 15) is 4.79 Å². The van der Waals surface area contributed by atoms with E-state index in [1.807, 2.05) is 30.0 Å². The highest BCUT2D eigenvalue weighted by molar-refractivity contribution is 6.30. The molecule has 1 amide bonds. The third-order valence-electron chi connectivity index (χ3n) is 4.49. The number of amides is 1. The molecule has 1 aromatic carbocycles. The van der Waals surface area contributed by atoms with E-state index in [2.05, 4.69) is 43.3 Å². The number of aryl methyl sites for hydroxylation is 1. The lowest BCUT2D eigenvalue weighted by atomic mass is 10.0. The summed E-state index contributed by atoms with van der Waals surface area (Å²) in [7, 11) is 0. The van der Waals surface area contributed by atoms with E-state index in [-0.39, 0.29) is 5.91 Å². The topological polar surface area (TPSA) is 32.3 Å². The van der Waals surface area contributed by atoms with Crippen LogP contribution in [0.3, 0.4) is 0 Å². The van der Waals surface area contributed by atoms with Gasteiger partial charge in [-0.15, -0.1) is 12.8 Å². The van der Waals surface area contributed by atoms with Crippen LogP contribution in [0, 0.1) is 12.8 Å². The summed E-state index contributed by atoms with van der Waals surface area (Å²) in [6.07, 6.45) is 20.4. The van der Waals surface area contributed by atoms with Gasteiger partial charge >= 0.3 is 0 Å². The van der Waals surface area contributed by atoms with Crippen molar-refractivity contribution in [2.45, 2.75) is 52.4 Å². The van der Waals surface area contributed by atoms with Gasteiger partial charge in [0.15, 0.2) is 0 Å². The molecule has 4 heteroatoms. The van der Waals surface area contributed by atoms with Gasteiger partial charge in [-0.25, -0.2) is 0 Å². The smallest absolute Gasteiger partial charge is 0.226 e. The van der Waals surface area contributed by atoms with Gasteiger partial charge in [0.1, 0.15) is 0 Å². The highest BCUT2D eigenvalue weighted by Crippen LogP contribution is 2.24. The lowest BCUT2D eigenvalue weighted by Crippen LogP contribution is -2.23. The molecule has 0 radical (unpaired) electrons. The molecular weight excluding hydrogens is 356 g/mol. The Bertz CT molecular complexity index is 676. The summed E-state index contributed by atoms with van der Waals surface area (Å²) in [6.45, 7) is 6.11. The first kappa shape index (κ1) is 22.9. The molecular formula is C23H31ClN2O. The Morgan fingerprint density at radius 3 is 2.67 bits per heavy atom. The molecule has 1 N–H and O–H groups in total. The Hall–Kier alpha value is -2.18. The number of nitrogens with one attached hydrogen (secondary N) is 1. The number of anilines is 1. The molecule has 3 rings (SSSR count). The molecule has 0 bridgehead atoms. The fourth-order valence-corrected chi connectivity index (χ4v) is 3.34.